The van der Waals surface area contributed by atoms with Crippen LogP contribution in [-0.2, 0) is 14.2 Å². The van der Waals surface area contributed by atoms with Crippen LogP contribution in [0.5, 0.6) is 0 Å². The first kappa shape index (κ1) is 12.8. The third-order valence-electron chi connectivity index (χ3n) is 1.48. The van der Waals surface area contributed by atoms with E-state index >= 15 is 0 Å². The molecule has 80 valence electrons. The molecule has 0 saturated heterocycles. The van der Waals surface area contributed by atoms with Gasteiger partial charge in [0.1, 0.15) is 0 Å². The van der Waals surface area contributed by atoms with Crippen LogP contribution in [0.3, 0.4) is 0 Å². The first-order valence-corrected chi connectivity index (χ1v) is 4.60. The van der Waals surface area contributed by atoms with Crippen molar-refractivity contribution in [3.8, 4) is 0 Å². The van der Waals surface area contributed by atoms with Crippen molar-refractivity contribution in [1.82, 2.24) is 0 Å². The van der Waals surface area contributed by atoms with Crippen LogP contribution in [0.4, 0.5) is 0 Å². The Morgan fingerprint density at radius 2 is 1.54 bits per heavy atom. The molecule has 0 aromatic carbocycles. The molecule has 0 aromatic heterocycles. The maximum Gasteiger partial charge on any atom is 0.0701 e. The second-order valence-electron chi connectivity index (χ2n) is 2.86. The highest BCUT2D eigenvalue weighted by atomic mass is 16.5. The SMILES string of the molecule is COCCOCCOCCC(C)O. The average molecular weight is 192 g/mol. The van der Waals surface area contributed by atoms with Crippen LogP contribution in [0, 0.1) is 0 Å². The Bertz CT molecular complexity index is 95.6. The lowest BCUT2D eigenvalue weighted by atomic mass is 10.3. The van der Waals surface area contributed by atoms with Gasteiger partial charge in [0.2, 0.25) is 0 Å². The molecule has 0 radical (unpaired) electrons. The van der Waals surface area contributed by atoms with E-state index in [9.17, 15) is 0 Å². The van der Waals surface area contributed by atoms with Crippen molar-refractivity contribution in [2.75, 3.05) is 40.1 Å². The Hall–Kier alpha value is -0.160. The molecule has 0 rings (SSSR count). The van der Waals surface area contributed by atoms with E-state index in [2.05, 4.69) is 0 Å². The molecule has 0 aliphatic carbocycles. The standard InChI is InChI=1S/C9H20O4/c1-9(10)3-4-12-7-8-13-6-5-11-2/h9-10H,3-8H2,1-2H3. The number of methoxy groups -OCH3 is 1. The number of ether oxygens (including phenoxy) is 3. The summed E-state index contributed by atoms with van der Waals surface area (Å²) < 4.78 is 15.2. The first-order chi connectivity index (χ1) is 6.27. The Morgan fingerprint density at radius 3 is 2.08 bits per heavy atom. The average Bonchev–Trinajstić information content (AvgIpc) is 2.09. The van der Waals surface area contributed by atoms with E-state index < -0.39 is 0 Å². The van der Waals surface area contributed by atoms with Gasteiger partial charge in [-0.2, -0.15) is 0 Å². The summed E-state index contributed by atoms with van der Waals surface area (Å²) in [5.41, 5.74) is 0. The molecule has 0 aliphatic heterocycles. The monoisotopic (exact) mass is 192 g/mol. The maximum atomic E-state index is 8.90. The van der Waals surface area contributed by atoms with Gasteiger partial charge >= 0.3 is 0 Å². The normalized spacial score (nSPS) is 13.2. The summed E-state index contributed by atoms with van der Waals surface area (Å²) >= 11 is 0. The maximum absolute atomic E-state index is 8.90. The number of aliphatic hydroxyl groups excluding tert-OH is 1. The molecule has 0 bridgehead atoms. The predicted octanol–water partition coefficient (Wildman–Crippen LogP) is 0.437. The molecule has 0 heterocycles. The lowest BCUT2D eigenvalue weighted by molar-refractivity contribution is 0.0173. The highest BCUT2D eigenvalue weighted by Gasteiger charge is 1.94. The molecule has 0 fully saturated rings. The molecule has 0 saturated carbocycles. The molecule has 0 aliphatic rings. The van der Waals surface area contributed by atoms with Crippen LogP contribution in [-0.4, -0.2) is 51.4 Å². The lowest BCUT2D eigenvalue weighted by Gasteiger charge is -2.06. The third-order valence-corrected chi connectivity index (χ3v) is 1.48. The Labute approximate surface area is 79.8 Å². The Kier molecular flexibility index (Phi) is 9.80. The van der Waals surface area contributed by atoms with Crippen LogP contribution < -0.4 is 0 Å². The van der Waals surface area contributed by atoms with E-state index in [0.29, 0.717) is 39.5 Å². The van der Waals surface area contributed by atoms with Crippen molar-refractivity contribution in [3.05, 3.63) is 0 Å². The van der Waals surface area contributed by atoms with E-state index in [1.165, 1.54) is 0 Å². The number of hydrogen-bond donors (Lipinski definition) is 1. The van der Waals surface area contributed by atoms with Gasteiger partial charge < -0.3 is 19.3 Å². The zero-order valence-corrected chi connectivity index (χ0v) is 8.49. The van der Waals surface area contributed by atoms with Crippen molar-refractivity contribution < 1.29 is 19.3 Å². The van der Waals surface area contributed by atoms with E-state index in [4.69, 9.17) is 19.3 Å². The predicted molar refractivity (Wildman–Crippen MR) is 49.8 cm³/mol. The van der Waals surface area contributed by atoms with Crippen molar-refractivity contribution in [2.24, 2.45) is 0 Å². The van der Waals surface area contributed by atoms with Crippen LogP contribution in [0.15, 0.2) is 0 Å². The van der Waals surface area contributed by atoms with Gasteiger partial charge in [0.15, 0.2) is 0 Å². The molecule has 1 unspecified atom stereocenters. The second kappa shape index (κ2) is 9.92. The Morgan fingerprint density at radius 1 is 1.00 bits per heavy atom. The largest absolute Gasteiger partial charge is 0.393 e. The minimum absolute atomic E-state index is 0.283. The molecule has 4 nitrogen and oxygen atoms in total. The van der Waals surface area contributed by atoms with Crippen molar-refractivity contribution in [3.63, 3.8) is 0 Å². The molecule has 1 atom stereocenters. The van der Waals surface area contributed by atoms with Crippen molar-refractivity contribution >= 4 is 0 Å². The second-order valence-corrected chi connectivity index (χ2v) is 2.86. The minimum atomic E-state index is -0.283. The fourth-order valence-corrected chi connectivity index (χ4v) is 0.718. The van der Waals surface area contributed by atoms with Gasteiger partial charge in [0.05, 0.1) is 32.5 Å². The highest BCUT2D eigenvalue weighted by molar-refractivity contribution is 4.44. The summed E-state index contributed by atoms with van der Waals surface area (Å²) in [7, 11) is 1.64. The van der Waals surface area contributed by atoms with Crippen LogP contribution >= 0.6 is 0 Å². The fraction of sp³-hybridized carbons (Fsp3) is 1.00. The highest BCUT2D eigenvalue weighted by Crippen LogP contribution is 1.89. The first-order valence-electron chi connectivity index (χ1n) is 4.60. The molecule has 0 aromatic rings. The summed E-state index contributed by atoms with van der Waals surface area (Å²) in [6.45, 7) is 4.73. The van der Waals surface area contributed by atoms with Gasteiger partial charge in [-0.25, -0.2) is 0 Å². The van der Waals surface area contributed by atoms with Gasteiger partial charge in [-0.05, 0) is 13.3 Å². The fourth-order valence-electron chi connectivity index (χ4n) is 0.718. The zero-order chi connectivity index (χ0) is 9.94. The summed E-state index contributed by atoms with van der Waals surface area (Å²) in [4.78, 5) is 0. The topological polar surface area (TPSA) is 47.9 Å². The summed E-state index contributed by atoms with van der Waals surface area (Å²) in [6, 6.07) is 0. The number of hydrogen-bond acceptors (Lipinski definition) is 4. The molecule has 0 amide bonds. The molecule has 0 spiro atoms. The molecular formula is C9H20O4. The smallest absolute Gasteiger partial charge is 0.0701 e. The van der Waals surface area contributed by atoms with Gasteiger partial charge in [0, 0.05) is 13.7 Å². The number of rotatable bonds is 9. The molecular weight excluding hydrogens is 172 g/mol. The Balaban J connectivity index is 2.84. The van der Waals surface area contributed by atoms with Crippen molar-refractivity contribution in [2.45, 2.75) is 19.4 Å². The summed E-state index contributed by atoms with van der Waals surface area (Å²) in [5, 5.41) is 8.90. The van der Waals surface area contributed by atoms with Gasteiger partial charge in [-0.15, -0.1) is 0 Å². The molecule has 13 heavy (non-hydrogen) atoms. The minimum Gasteiger partial charge on any atom is -0.393 e. The van der Waals surface area contributed by atoms with E-state index in [-0.39, 0.29) is 6.10 Å². The van der Waals surface area contributed by atoms with Gasteiger partial charge in [-0.1, -0.05) is 0 Å². The number of aliphatic hydroxyl groups is 1. The summed E-state index contributed by atoms with van der Waals surface area (Å²) in [5.74, 6) is 0. The van der Waals surface area contributed by atoms with Gasteiger partial charge in [0.25, 0.3) is 0 Å². The van der Waals surface area contributed by atoms with Crippen LogP contribution in [0.25, 0.3) is 0 Å². The lowest BCUT2D eigenvalue weighted by Crippen LogP contribution is -2.11. The van der Waals surface area contributed by atoms with E-state index in [0.717, 1.165) is 0 Å². The van der Waals surface area contributed by atoms with Crippen LogP contribution in [0.1, 0.15) is 13.3 Å². The van der Waals surface area contributed by atoms with E-state index in [1.54, 1.807) is 14.0 Å². The summed E-state index contributed by atoms with van der Waals surface area (Å²) in [6.07, 6.45) is 0.396. The zero-order valence-electron chi connectivity index (χ0n) is 8.49. The quantitative estimate of drug-likeness (QED) is 0.538. The van der Waals surface area contributed by atoms with E-state index in [1.807, 2.05) is 0 Å². The third kappa shape index (κ3) is 11.8. The van der Waals surface area contributed by atoms with Gasteiger partial charge in [-0.3, -0.25) is 0 Å². The molecule has 4 heteroatoms. The molecule has 1 N–H and O–H groups in total. The van der Waals surface area contributed by atoms with Crippen molar-refractivity contribution in [1.29, 1.82) is 0 Å². The van der Waals surface area contributed by atoms with Crippen LogP contribution in [0.2, 0.25) is 0 Å².